The van der Waals surface area contributed by atoms with Crippen LogP contribution < -0.4 is 5.32 Å². The molecule has 1 fully saturated rings. The van der Waals surface area contributed by atoms with E-state index in [4.69, 9.17) is 4.74 Å². The van der Waals surface area contributed by atoms with Crippen LogP contribution in [0.5, 0.6) is 0 Å². The number of carbonyl (C=O) groups excluding carboxylic acids is 1. The van der Waals surface area contributed by atoms with Gasteiger partial charge in [0, 0.05) is 48.5 Å². The standard InChI is InChI=1S/C29H33F3N4O4S2/c1-4-42(38,39)23-7-5-20(6-8-23)15-33-26(37)24-14-21-13-18(2)40-28(25(21)41-24)9-11-36(12-10-28)19(3)22-16-34-27(35-17-22)29(30,31)32/h5-8,14,16-19H,4,9-13,15H2,1-3H3,(H,33,37)/t18-,19?/m0/s1. The van der Waals surface area contributed by atoms with Crippen molar-refractivity contribution in [2.24, 2.45) is 0 Å². The fraction of sp³-hybridized carbons (Fsp3) is 0.483. The number of rotatable bonds is 7. The second-order valence-electron chi connectivity index (χ2n) is 10.9. The predicted molar refractivity (Wildman–Crippen MR) is 152 cm³/mol. The van der Waals surface area contributed by atoms with Gasteiger partial charge in [0.2, 0.25) is 5.82 Å². The first kappa shape index (κ1) is 30.6. The summed E-state index contributed by atoms with van der Waals surface area (Å²) in [6.45, 7) is 7.16. The molecule has 3 aromatic rings. The number of halogens is 3. The molecule has 1 N–H and O–H groups in total. The molecule has 8 nitrogen and oxygen atoms in total. The van der Waals surface area contributed by atoms with Crippen LogP contribution in [-0.4, -0.2) is 54.1 Å². The molecule has 2 aromatic heterocycles. The molecule has 2 aliphatic heterocycles. The third-order valence-electron chi connectivity index (χ3n) is 8.06. The summed E-state index contributed by atoms with van der Waals surface area (Å²) >= 11 is 1.44. The van der Waals surface area contributed by atoms with E-state index < -0.39 is 27.4 Å². The van der Waals surface area contributed by atoms with Crippen LogP contribution in [0.25, 0.3) is 0 Å². The molecular formula is C29H33F3N4O4S2. The predicted octanol–water partition coefficient (Wildman–Crippen LogP) is 5.29. The van der Waals surface area contributed by atoms with E-state index in [2.05, 4.69) is 20.2 Å². The number of nitrogens with zero attached hydrogens (tertiary/aromatic N) is 3. The molecule has 2 aliphatic rings. The third kappa shape index (κ3) is 6.24. The third-order valence-corrected chi connectivity index (χ3v) is 11.2. The highest BCUT2D eigenvalue weighted by Gasteiger charge is 2.45. The zero-order valence-electron chi connectivity index (χ0n) is 23.6. The summed E-state index contributed by atoms with van der Waals surface area (Å²) in [7, 11) is -3.28. The van der Waals surface area contributed by atoms with Gasteiger partial charge in [-0.1, -0.05) is 19.1 Å². The van der Waals surface area contributed by atoms with E-state index in [0.29, 0.717) is 42.8 Å². The van der Waals surface area contributed by atoms with Crippen LogP contribution in [0.4, 0.5) is 13.2 Å². The second-order valence-corrected chi connectivity index (χ2v) is 14.2. The summed E-state index contributed by atoms with van der Waals surface area (Å²) in [5.74, 6) is -1.32. The average molecular weight is 623 g/mol. The Labute approximate surface area is 247 Å². The van der Waals surface area contributed by atoms with Gasteiger partial charge in [-0.3, -0.25) is 9.69 Å². The number of hydrogen-bond donors (Lipinski definition) is 1. The Morgan fingerprint density at radius 3 is 2.43 bits per heavy atom. The Bertz CT molecular complexity index is 1530. The first-order chi connectivity index (χ1) is 19.8. The summed E-state index contributed by atoms with van der Waals surface area (Å²) in [6, 6.07) is 8.32. The molecule has 4 heterocycles. The van der Waals surface area contributed by atoms with Crippen LogP contribution in [0.2, 0.25) is 0 Å². The highest BCUT2D eigenvalue weighted by Crippen LogP contribution is 2.48. The number of thiophene rings is 1. The van der Waals surface area contributed by atoms with Crippen LogP contribution >= 0.6 is 11.3 Å². The Hall–Kier alpha value is -2.87. The maximum absolute atomic E-state index is 13.1. The monoisotopic (exact) mass is 622 g/mol. The Balaban J connectivity index is 1.25. The fourth-order valence-electron chi connectivity index (χ4n) is 5.65. The van der Waals surface area contributed by atoms with Gasteiger partial charge >= 0.3 is 6.18 Å². The number of hydrogen-bond acceptors (Lipinski definition) is 8. The van der Waals surface area contributed by atoms with E-state index in [-0.39, 0.29) is 35.2 Å². The lowest BCUT2D eigenvalue weighted by Crippen LogP contribution is -2.48. The van der Waals surface area contributed by atoms with E-state index in [1.54, 1.807) is 31.2 Å². The van der Waals surface area contributed by atoms with E-state index >= 15 is 0 Å². The number of aromatic nitrogens is 2. The summed E-state index contributed by atoms with van der Waals surface area (Å²) in [4.78, 5) is 24.3. The molecule has 1 saturated heterocycles. The Morgan fingerprint density at radius 2 is 1.83 bits per heavy atom. The maximum atomic E-state index is 13.1. The number of ether oxygens (including phenoxy) is 1. The molecule has 5 rings (SSSR count). The quantitative estimate of drug-likeness (QED) is 0.382. The second kappa shape index (κ2) is 11.7. The minimum Gasteiger partial charge on any atom is -0.366 e. The van der Waals surface area contributed by atoms with E-state index in [9.17, 15) is 26.4 Å². The lowest BCUT2D eigenvalue weighted by molar-refractivity contribution is -0.145. The first-order valence-corrected chi connectivity index (χ1v) is 16.3. The molecule has 1 spiro atoms. The average Bonchev–Trinajstić information content (AvgIpc) is 3.41. The number of benzene rings is 1. The maximum Gasteiger partial charge on any atom is 0.451 e. The van der Waals surface area contributed by atoms with Gasteiger partial charge in [-0.15, -0.1) is 11.3 Å². The van der Waals surface area contributed by atoms with Crippen LogP contribution in [0.15, 0.2) is 47.6 Å². The van der Waals surface area contributed by atoms with Crippen LogP contribution in [0.1, 0.15) is 76.7 Å². The molecule has 1 aromatic carbocycles. The van der Waals surface area contributed by atoms with Crippen LogP contribution in [0.3, 0.4) is 0 Å². The number of carbonyl (C=O) groups is 1. The van der Waals surface area contributed by atoms with Crippen molar-refractivity contribution >= 4 is 27.1 Å². The van der Waals surface area contributed by atoms with Gasteiger partial charge in [-0.05, 0) is 62.4 Å². The molecule has 1 unspecified atom stereocenters. The minimum atomic E-state index is -4.58. The van der Waals surface area contributed by atoms with Crippen molar-refractivity contribution in [2.45, 2.75) is 75.4 Å². The lowest BCUT2D eigenvalue weighted by Gasteiger charge is -2.47. The molecule has 13 heteroatoms. The van der Waals surface area contributed by atoms with Gasteiger partial charge in [0.05, 0.1) is 21.6 Å². The number of fused-ring (bicyclic) bond motifs is 2. The molecule has 2 atom stereocenters. The summed E-state index contributed by atoms with van der Waals surface area (Å²) in [5, 5.41) is 2.94. The number of piperidine rings is 1. The first-order valence-electron chi connectivity index (χ1n) is 13.9. The summed E-state index contributed by atoms with van der Waals surface area (Å²) < 4.78 is 69.3. The minimum absolute atomic E-state index is 0.0202. The Morgan fingerprint density at radius 1 is 1.19 bits per heavy atom. The Kier molecular flexibility index (Phi) is 8.49. The molecule has 0 bridgehead atoms. The van der Waals surface area contributed by atoms with Gasteiger partial charge in [0.15, 0.2) is 9.84 Å². The van der Waals surface area contributed by atoms with Gasteiger partial charge in [0.25, 0.3) is 5.91 Å². The van der Waals surface area contributed by atoms with Gasteiger partial charge in [0.1, 0.15) is 5.60 Å². The lowest BCUT2D eigenvalue weighted by atomic mass is 9.83. The van der Waals surface area contributed by atoms with Crippen molar-refractivity contribution < 1.29 is 31.1 Å². The highest BCUT2D eigenvalue weighted by atomic mass is 32.2. The van der Waals surface area contributed by atoms with Crippen molar-refractivity contribution in [3.8, 4) is 0 Å². The number of nitrogens with one attached hydrogen (secondary N) is 1. The topological polar surface area (TPSA) is 101 Å². The molecule has 0 saturated carbocycles. The number of alkyl halides is 3. The van der Waals surface area contributed by atoms with Crippen LogP contribution in [-0.2, 0) is 39.3 Å². The van der Waals surface area contributed by atoms with E-state index in [0.717, 1.165) is 16.0 Å². The largest absolute Gasteiger partial charge is 0.451 e. The normalized spacial score (nSPS) is 19.8. The van der Waals surface area contributed by atoms with Crippen molar-refractivity contribution in [2.75, 3.05) is 18.8 Å². The number of amides is 1. The molecule has 226 valence electrons. The smallest absolute Gasteiger partial charge is 0.366 e. The molecule has 0 radical (unpaired) electrons. The van der Waals surface area contributed by atoms with E-state index in [1.807, 2.05) is 19.9 Å². The van der Waals surface area contributed by atoms with Crippen molar-refractivity contribution in [3.63, 3.8) is 0 Å². The van der Waals surface area contributed by atoms with Crippen LogP contribution in [0, 0.1) is 0 Å². The summed E-state index contributed by atoms with van der Waals surface area (Å²) in [6.07, 6.45) is -0.0321. The zero-order chi connectivity index (χ0) is 30.3. The van der Waals surface area contributed by atoms with Crippen molar-refractivity contribution in [1.82, 2.24) is 20.2 Å². The summed E-state index contributed by atoms with van der Waals surface area (Å²) in [5.41, 5.74) is 2.00. The molecule has 42 heavy (non-hydrogen) atoms. The molecule has 1 amide bonds. The zero-order valence-corrected chi connectivity index (χ0v) is 25.2. The van der Waals surface area contributed by atoms with Gasteiger partial charge < -0.3 is 10.1 Å². The van der Waals surface area contributed by atoms with Crippen molar-refractivity contribution in [3.05, 3.63) is 75.0 Å². The fourth-order valence-corrected chi connectivity index (χ4v) is 7.83. The van der Waals surface area contributed by atoms with Crippen molar-refractivity contribution in [1.29, 1.82) is 0 Å². The molecular weight excluding hydrogens is 589 g/mol. The van der Waals surface area contributed by atoms with E-state index in [1.165, 1.54) is 23.7 Å². The molecule has 0 aliphatic carbocycles. The highest BCUT2D eigenvalue weighted by molar-refractivity contribution is 7.91. The number of likely N-dealkylation sites (tertiary alicyclic amines) is 1. The van der Waals surface area contributed by atoms with Gasteiger partial charge in [-0.25, -0.2) is 18.4 Å². The SMILES string of the molecule is CCS(=O)(=O)c1ccc(CNC(=O)c2cc3c(s2)C2(CCN(C(C)c4cnc(C(F)(F)F)nc4)CC2)O[C@@H](C)C3)cc1. The van der Waals surface area contributed by atoms with Gasteiger partial charge in [-0.2, -0.15) is 13.2 Å². The number of sulfone groups is 1.